The summed E-state index contributed by atoms with van der Waals surface area (Å²) in [5, 5.41) is 11.2. The number of methoxy groups -OCH3 is 2. The second kappa shape index (κ2) is 7.24. The number of hydrogen-bond acceptors (Lipinski definition) is 4. The van der Waals surface area contributed by atoms with Crippen LogP contribution in [0.4, 0.5) is 0 Å². The van der Waals surface area contributed by atoms with Gasteiger partial charge in [-0.15, -0.1) is 0 Å². The Morgan fingerprint density at radius 2 is 1.94 bits per heavy atom. The molecule has 0 aromatic heterocycles. The van der Waals surface area contributed by atoms with Gasteiger partial charge in [0.15, 0.2) is 0 Å². The van der Waals surface area contributed by atoms with Crippen molar-refractivity contribution in [1.82, 2.24) is 5.32 Å². The number of amides is 1. The molecule has 1 atom stereocenters. The SMILES string of the molecule is COC(CNC(=O)CC(C)(C)OC)CC(=O)O. The van der Waals surface area contributed by atoms with E-state index in [1.54, 1.807) is 13.8 Å². The fourth-order valence-electron chi connectivity index (χ4n) is 1.18. The number of carbonyl (C=O) groups is 2. The van der Waals surface area contributed by atoms with Crippen LogP contribution in [-0.2, 0) is 19.1 Å². The summed E-state index contributed by atoms with van der Waals surface area (Å²) in [6.45, 7) is 3.79. The maximum Gasteiger partial charge on any atom is 0.306 e. The molecule has 1 unspecified atom stereocenters. The predicted octanol–water partition coefficient (Wildman–Crippen LogP) is 0.407. The molecule has 0 bridgehead atoms. The first-order valence-electron chi connectivity index (χ1n) is 5.37. The van der Waals surface area contributed by atoms with E-state index in [0.29, 0.717) is 0 Å². The monoisotopic (exact) mass is 247 g/mol. The highest BCUT2D eigenvalue weighted by Crippen LogP contribution is 2.12. The van der Waals surface area contributed by atoms with Crippen LogP contribution in [0, 0.1) is 0 Å². The van der Waals surface area contributed by atoms with Crippen LogP contribution in [0.15, 0.2) is 0 Å². The smallest absolute Gasteiger partial charge is 0.306 e. The minimum absolute atomic E-state index is 0.134. The molecular formula is C11H21NO5. The molecular weight excluding hydrogens is 226 g/mol. The van der Waals surface area contributed by atoms with Crippen molar-refractivity contribution in [3.05, 3.63) is 0 Å². The zero-order valence-corrected chi connectivity index (χ0v) is 10.8. The van der Waals surface area contributed by atoms with Gasteiger partial charge in [-0.25, -0.2) is 0 Å². The van der Waals surface area contributed by atoms with Gasteiger partial charge < -0.3 is 19.9 Å². The third-order valence-corrected chi connectivity index (χ3v) is 2.40. The highest BCUT2D eigenvalue weighted by molar-refractivity contribution is 5.77. The van der Waals surface area contributed by atoms with Gasteiger partial charge in [0.2, 0.25) is 5.91 Å². The van der Waals surface area contributed by atoms with E-state index >= 15 is 0 Å². The summed E-state index contributed by atoms with van der Waals surface area (Å²) in [4.78, 5) is 22.0. The minimum atomic E-state index is -0.955. The molecule has 0 spiro atoms. The molecule has 0 heterocycles. The zero-order valence-electron chi connectivity index (χ0n) is 10.8. The van der Waals surface area contributed by atoms with Crippen LogP contribution in [0.1, 0.15) is 26.7 Å². The van der Waals surface area contributed by atoms with Crippen LogP contribution in [0.3, 0.4) is 0 Å². The predicted molar refractivity (Wildman–Crippen MR) is 61.8 cm³/mol. The van der Waals surface area contributed by atoms with E-state index in [9.17, 15) is 9.59 Å². The Morgan fingerprint density at radius 3 is 2.35 bits per heavy atom. The van der Waals surface area contributed by atoms with Crippen LogP contribution in [-0.4, -0.2) is 49.5 Å². The number of carboxylic acid groups (broad SMARTS) is 1. The molecule has 0 saturated heterocycles. The average Bonchev–Trinajstić information content (AvgIpc) is 2.23. The summed E-state index contributed by atoms with van der Waals surface area (Å²) in [6, 6.07) is 0. The summed E-state index contributed by atoms with van der Waals surface area (Å²) in [7, 11) is 2.95. The van der Waals surface area contributed by atoms with Crippen LogP contribution in [0.25, 0.3) is 0 Å². The number of ether oxygens (including phenoxy) is 2. The summed E-state index contributed by atoms with van der Waals surface area (Å²) in [5.74, 6) is -1.15. The van der Waals surface area contributed by atoms with Gasteiger partial charge >= 0.3 is 5.97 Å². The van der Waals surface area contributed by atoms with Crippen molar-refractivity contribution in [1.29, 1.82) is 0 Å². The van der Waals surface area contributed by atoms with Crippen molar-refractivity contribution in [3.8, 4) is 0 Å². The third kappa shape index (κ3) is 7.70. The van der Waals surface area contributed by atoms with Gasteiger partial charge in [-0.1, -0.05) is 0 Å². The summed E-state index contributed by atoms with van der Waals surface area (Å²) >= 11 is 0. The highest BCUT2D eigenvalue weighted by atomic mass is 16.5. The molecule has 6 nitrogen and oxygen atoms in total. The molecule has 0 aromatic carbocycles. The first-order valence-corrected chi connectivity index (χ1v) is 5.37. The molecule has 1 amide bonds. The average molecular weight is 247 g/mol. The Balaban J connectivity index is 4.01. The number of carboxylic acids is 1. The Hall–Kier alpha value is -1.14. The van der Waals surface area contributed by atoms with E-state index in [-0.39, 0.29) is 25.3 Å². The first-order chi connectivity index (χ1) is 7.80. The maximum atomic E-state index is 11.5. The van der Waals surface area contributed by atoms with Crippen molar-refractivity contribution in [3.63, 3.8) is 0 Å². The van der Waals surface area contributed by atoms with Gasteiger partial charge in [0, 0.05) is 20.8 Å². The first kappa shape index (κ1) is 15.9. The van der Waals surface area contributed by atoms with Crippen LogP contribution >= 0.6 is 0 Å². The largest absolute Gasteiger partial charge is 0.481 e. The molecule has 6 heteroatoms. The van der Waals surface area contributed by atoms with Crippen molar-refractivity contribution in [2.45, 2.75) is 38.4 Å². The fourth-order valence-corrected chi connectivity index (χ4v) is 1.18. The minimum Gasteiger partial charge on any atom is -0.481 e. The standard InChI is InChI=1S/C11H21NO5/c1-11(2,17-4)6-9(13)12-7-8(16-3)5-10(14)15/h8H,5-7H2,1-4H3,(H,12,13)(H,14,15). The Bertz CT molecular complexity index is 265. The molecule has 0 aliphatic heterocycles. The fraction of sp³-hybridized carbons (Fsp3) is 0.818. The summed E-state index contributed by atoms with van der Waals surface area (Å²) < 4.78 is 10.1. The van der Waals surface area contributed by atoms with E-state index in [1.165, 1.54) is 14.2 Å². The number of nitrogens with one attached hydrogen (secondary N) is 1. The second-order valence-electron chi connectivity index (χ2n) is 4.40. The molecule has 0 radical (unpaired) electrons. The van der Waals surface area contributed by atoms with Gasteiger partial charge in [-0.3, -0.25) is 9.59 Å². The lowest BCUT2D eigenvalue weighted by Crippen LogP contribution is -2.38. The van der Waals surface area contributed by atoms with Gasteiger partial charge in [0.1, 0.15) is 0 Å². The van der Waals surface area contributed by atoms with E-state index < -0.39 is 17.7 Å². The summed E-state index contributed by atoms with van der Waals surface area (Å²) in [6.07, 6.45) is -0.431. The molecule has 0 aromatic rings. The van der Waals surface area contributed by atoms with Crippen LogP contribution < -0.4 is 5.32 Å². The molecule has 0 fully saturated rings. The van der Waals surface area contributed by atoms with Crippen molar-refractivity contribution >= 4 is 11.9 Å². The van der Waals surface area contributed by atoms with E-state index in [1.807, 2.05) is 0 Å². The third-order valence-electron chi connectivity index (χ3n) is 2.40. The van der Waals surface area contributed by atoms with E-state index in [2.05, 4.69) is 5.32 Å². The topological polar surface area (TPSA) is 84.9 Å². The molecule has 0 aliphatic carbocycles. The van der Waals surface area contributed by atoms with Crippen LogP contribution in [0.5, 0.6) is 0 Å². The number of rotatable bonds is 8. The maximum absolute atomic E-state index is 11.5. The zero-order chi connectivity index (χ0) is 13.5. The van der Waals surface area contributed by atoms with E-state index in [4.69, 9.17) is 14.6 Å². The second-order valence-corrected chi connectivity index (χ2v) is 4.40. The lowest BCUT2D eigenvalue weighted by atomic mass is 10.0. The highest BCUT2D eigenvalue weighted by Gasteiger charge is 2.21. The molecule has 0 aliphatic rings. The van der Waals surface area contributed by atoms with Crippen molar-refractivity contribution in [2.75, 3.05) is 20.8 Å². The van der Waals surface area contributed by atoms with Crippen LogP contribution in [0.2, 0.25) is 0 Å². The van der Waals surface area contributed by atoms with E-state index in [0.717, 1.165) is 0 Å². The Morgan fingerprint density at radius 1 is 1.35 bits per heavy atom. The molecule has 17 heavy (non-hydrogen) atoms. The van der Waals surface area contributed by atoms with Gasteiger partial charge in [0.25, 0.3) is 0 Å². The van der Waals surface area contributed by atoms with Gasteiger partial charge in [-0.05, 0) is 13.8 Å². The number of aliphatic carboxylic acids is 1. The lowest BCUT2D eigenvalue weighted by molar-refractivity contribution is -0.140. The number of hydrogen-bond donors (Lipinski definition) is 2. The Kier molecular flexibility index (Phi) is 6.75. The van der Waals surface area contributed by atoms with Gasteiger partial charge in [0.05, 0.1) is 24.5 Å². The van der Waals surface area contributed by atoms with Crippen molar-refractivity contribution in [2.24, 2.45) is 0 Å². The molecule has 0 rings (SSSR count). The molecule has 100 valence electrons. The van der Waals surface area contributed by atoms with Crippen molar-refractivity contribution < 1.29 is 24.2 Å². The molecule has 0 saturated carbocycles. The molecule has 2 N–H and O–H groups in total. The number of carbonyl (C=O) groups excluding carboxylic acids is 1. The van der Waals surface area contributed by atoms with Gasteiger partial charge in [-0.2, -0.15) is 0 Å². The summed E-state index contributed by atoms with van der Waals surface area (Å²) in [5.41, 5.74) is -0.528. The normalized spacial score (nSPS) is 13.2. The lowest BCUT2D eigenvalue weighted by Gasteiger charge is -2.22. The Labute approximate surface area is 101 Å². The quantitative estimate of drug-likeness (QED) is 0.649.